The van der Waals surface area contributed by atoms with E-state index in [-0.39, 0.29) is 13.2 Å². The van der Waals surface area contributed by atoms with Crippen molar-refractivity contribution in [3.8, 4) is 0 Å². The van der Waals surface area contributed by atoms with E-state index in [0.29, 0.717) is 13.2 Å². The molecule has 0 aliphatic carbocycles. The topological polar surface area (TPSA) is 44.8 Å². The molecular formula is C17H18O4. The molecule has 0 amide bonds. The van der Waals surface area contributed by atoms with Crippen LogP contribution in [0.25, 0.3) is 0 Å². The Labute approximate surface area is 124 Å². The Morgan fingerprint density at radius 2 is 1.29 bits per heavy atom. The standard InChI is InChI=1S/C17H18O4/c18-17(21-14-16-9-5-2-6-10-16)20-12-11-19-13-15-7-3-1-4-8-15/h1-10H,11-14H2. The molecule has 0 aliphatic rings. The van der Waals surface area contributed by atoms with Gasteiger partial charge in [-0.05, 0) is 11.1 Å². The van der Waals surface area contributed by atoms with Crippen LogP contribution in [0.1, 0.15) is 11.1 Å². The van der Waals surface area contributed by atoms with Gasteiger partial charge in [-0.1, -0.05) is 60.7 Å². The van der Waals surface area contributed by atoms with Gasteiger partial charge in [-0.2, -0.15) is 0 Å². The number of ether oxygens (including phenoxy) is 3. The van der Waals surface area contributed by atoms with Crippen molar-refractivity contribution >= 4 is 6.16 Å². The van der Waals surface area contributed by atoms with Crippen molar-refractivity contribution < 1.29 is 19.0 Å². The zero-order valence-electron chi connectivity index (χ0n) is 11.7. The Balaban J connectivity index is 1.53. The molecule has 0 aliphatic heterocycles. The van der Waals surface area contributed by atoms with E-state index in [0.717, 1.165) is 11.1 Å². The van der Waals surface area contributed by atoms with E-state index in [1.807, 2.05) is 60.7 Å². The van der Waals surface area contributed by atoms with Gasteiger partial charge < -0.3 is 14.2 Å². The van der Waals surface area contributed by atoms with Gasteiger partial charge in [0.1, 0.15) is 13.2 Å². The van der Waals surface area contributed by atoms with Gasteiger partial charge >= 0.3 is 6.16 Å². The fourth-order valence-corrected chi connectivity index (χ4v) is 1.71. The summed E-state index contributed by atoms with van der Waals surface area (Å²) in [7, 11) is 0. The molecule has 21 heavy (non-hydrogen) atoms. The van der Waals surface area contributed by atoms with Gasteiger partial charge in [-0.3, -0.25) is 0 Å². The molecule has 2 aromatic rings. The third kappa shape index (κ3) is 6.10. The van der Waals surface area contributed by atoms with Gasteiger partial charge in [0.2, 0.25) is 0 Å². The summed E-state index contributed by atoms with van der Waals surface area (Å²) in [6.07, 6.45) is -0.679. The average molecular weight is 286 g/mol. The number of hydrogen-bond donors (Lipinski definition) is 0. The first kappa shape index (κ1) is 15.1. The minimum atomic E-state index is -0.679. The van der Waals surface area contributed by atoms with Crippen LogP contribution in [0, 0.1) is 0 Å². The maximum absolute atomic E-state index is 11.3. The average Bonchev–Trinajstić information content (AvgIpc) is 2.54. The molecule has 0 heterocycles. The van der Waals surface area contributed by atoms with Crippen molar-refractivity contribution in [2.45, 2.75) is 13.2 Å². The lowest BCUT2D eigenvalue weighted by Crippen LogP contribution is -2.12. The largest absolute Gasteiger partial charge is 0.508 e. The molecule has 0 spiro atoms. The van der Waals surface area contributed by atoms with Gasteiger partial charge in [0.05, 0.1) is 13.2 Å². The van der Waals surface area contributed by atoms with Crippen LogP contribution in [0.5, 0.6) is 0 Å². The van der Waals surface area contributed by atoms with Crippen molar-refractivity contribution in [2.75, 3.05) is 13.2 Å². The molecule has 0 saturated heterocycles. The second kappa shape index (κ2) is 8.76. The SMILES string of the molecule is O=C(OCCOCc1ccccc1)OCc1ccccc1. The zero-order chi connectivity index (χ0) is 14.8. The minimum absolute atomic E-state index is 0.181. The summed E-state index contributed by atoms with van der Waals surface area (Å²) in [5, 5.41) is 0. The summed E-state index contributed by atoms with van der Waals surface area (Å²) in [5.41, 5.74) is 2.01. The van der Waals surface area contributed by atoms with Gasteiger partial charge in [-0.15, -0.1) is 0 Å². The van der Waals surface area contributed by atoms with Crippen LogP contribution in [-0.2, 0) is 27.4 Å². The third-order valence-electron chi connectivity index (χ3n) is 2.76. The number of carbonyl (C=O) groups is 1. The maximum Gasteiger partial charge on any atom is 0.508 e. The number of benzene rings is 2. The number of carbonyl (C=O) groups excluding carboxylic acids is 1. The van der Waals surface area contributed by atoms with Crippen LogP contribution in [0.15, 0.2) is 60.7 Å². The normalized spacial score (nSPS) is 10.1. The lowest BCUT2D eigenvalue weighted by molar-refractivity contribution is 0.0201. The van der Waals surface area contributed by atoms with Crippen LogP contribution in [0.2, 0.25) is 0 Å². The van der Waals surface area contributed by atoms with Gasteiger partial charge in [0, 0.05) is 0 Å². The summed E-state index contributed by atoms with van der Waals surface area (Å²) in [6.45, 7) is 1.24. The number of rotatable bonds is 7. The van der Waals surface area contributed by atoms with Crippen LogP contribution < -0.4 is 0 Å². The predicted octanol–water partition coefficient (Wildman–Crippen LogP) is 3.56. The molecule has 0 atom stereocenters. The molecule has 4 heteroatoms. The molecule has 0 aromatic heterocycles. The summed E-state index contributed by atoms with van der Waals surface area (Å²) in [6, 6.07) is 19.3. The van der Waals surface area contributed by atoms with Crippen LogP contribution >= 0.6 is 0 Å². The maximum atomic E-state index is 11.3. The smallest absolute Gasteiger partial charge is 0.432 e. The van der Waals surface area contributed by atoms with E-state index in [1.54, 1.807) is 0 Å². The van der Waals surface area contributed by atoms with E-state index in [1.165, 1.54) is 0 Å². The van der Waals surface area contributed by atoms with Crippen LogP contribution in [0.3, 0.4) is 0 Å². The van der Waals surface area contributed by atoms with Crippen molar-refractivity contribution in [3.63, 3.8) is 0 Å². The molecule has 0 fully saturated rings. The predicted molar refractivity (Wildman–Crippen MR) is 78.7 cm³/mol. The third-order valence-corrected chi connectivity index (χ3v) is 2.76. The van der Waals surface area contributed by atoms with Gasteiger partial charge in [0.25, 0.3) is 0 Å². The van der Waals surface area contributed by atoms with Gasteiger partial charge in [-0.25, -0.2) is 4.79 Å². The molecule has 0 unspecified atom stereocenters. The molecule has 0 bridgehead atoms. The van der Waals surface area contributed by atoms with Gasteiger partial charge in [0.15, 0.2) is 0 Å². The van der Waals surface area contributed by atoms with Crippen LogP contribution in [0.4, 0.5) is 4.79 Å². The Morgan fingerprint density at radius 1 is 0.714 bits per heavy atom. The van der Waals surface area contributed by atoms with E-state index in [2.05, 4.69) is 0 Å². The van der Waals surface area contributed by atoms with Crippen molar-refractivity contribution in [3.05, 3.63) is 71.8 Å². The summed E-state index contributed by atoms with van der Waals surface area (Å²) in [4.78, 5) is 11.3. The molecule has 0 radical (unpaired) electrons. The first-order chi connectivity index (χ1) is 10.3. The fraction of sp³-hybridized carbons (Fsp3) is 0.235. The lowest BCUT2D eigenvalue weighted by Gasteiger charge is -2.07. The van der Waals surface area contributed by atoms with Crippen molar-refractivity contribution in [1.29, 1.82) is 0 Å². The minimum Gasteiger partial charge on any atom is -0.432 e. The summed E-state index contributed by atoms with van der Waals surface area (Å²) < 4.78 is 15.3. The Kier molecular flexibility index (Phi) is 6.29. The molecule has 0 N–H and O–H groups in total. The molecule has 4 nitrogen and oxygen atoms in total. The molecule has 0 saturated carbocycles. The monoisotopic (exact) mass is 286 g/mol. The molecule has 2 aromatic carbocycles. The van der Waals surface area contributed by atoms with E-state index in [4.69, 9.17) is 14.2 Å². The Morgan fingerprint density at radius 3 is 1.90 bits per heavy atom. The number of hydrogen-bond acceptors (Lipinski definition) is 4. The second-order valence-corrected chi connectivity index (χ2v) is 4.41. The summed E-state index contributed by atoms with van der Waals surface area (Å²) in [5.74, 6) is 0. The van der Waals surface area contributed by atoms with Crippen molar-refractivity contribution in [1.82, 2.24) is 0 Å². The summed E-state index contributed by atoms with van der Waals surface area (Å²) >= 11 is 0. The van der Waals surface area contributed by atoms with E-state index >= 15 is 0 Å². The van der Waals surface area contributed by atoms with E-state index in [9.17, 15) is 4.79 Å². The highest BCUT2D eigenvalue weighted by Crippen LogP contribution is 2.02. The van der Waals surface area contributed by atoms with E-state index < -0.39 is 6.16 Å². The highest BCUT2D eigenvalue weighted by atomic mass is 16.7. The lowest BCUT2D eigenvalue weighted by atomic mass is 10.2. The Hall–Kier alpha value is -2.33. The second-order valence-electron chi connectivity index (χ2n) is 4.41. The Bertz CT molecular complexity index is 525. The quantitative estimate of drug-likeness (QED) is 0.576. The highest BCUT2D eigenvalue weighted by Gasteiger charge is 2.03. The molecule has 110 valence electrons. The molecular weight excluding hydrogens is 268 g/mol. The highest BCUT2D eigenvalue weighted by molar-refractivity contribution is 5.59. The first-order valence-corrected chi connectivity index (χ1v) is 6.80. The zero-order valence-corrected chi connectivity index (χ0v) is 11.7. The fourth-order valence-electron chi connectivity index (χ4n) is 1.71. The molecule has 2 rings (SSSR count). The van der Waals surface area contributed by atoms with Crippen LogP contribution in [-0.4, -0.2) is 19.4 Å². The first-order valence-electron chi connectivity index (χ1n) is 6.80. The van der Waals surface area contributed by atoms with Crippen molar-refractivity contribution in [2.24, 2.45) is 0 Å².